The molecule has 2 aliphatic rings. The highest BCUT2D eigenvalue weighted by Crippen LogP contribution is 2.58. The van der Waals surface area contributed by atoms with Crippen LogP contribution in [0.25, 0.3) is 44.2 Å². The first-order valence-electron chi connectivity index (χ1n) is 23.3. The summed E-state index contributed by atoms with van der Waals surface area (Å²) in [6.45, 7) is 0. The van der Waals surface area contributed by atoms with Crippen molar-refractivity contribution in [3.63, 3.8) is 0 Å². The van der Waals surface area contributed by atoms with Crippen LogP contribution >= 0.6 is 0 Å². The molecule has 11 aromatic rings. The Balaban J connectivity index is 1.02. The monoisotopic (exact) mass is 868 g/mol. The topological polar surface area (TPSA) is 15.7 Å². The molecule has 0 amide bonds. The highest BCUT2D eigenvalue weighted by molar-refractivity contribution is 6.09. The molecule has 1 aliphatic heterocycles. The maximum Gasteiger partial charge on any atom is 0.138 e. The third kappa shape index (κ3) is 6.28. The Bertz CT molecular complexity index is 3550. The van der Waals surface area contributed by atoms with E-state index in [1.54, 1.807) is 0 Å². The Hall–Kier alpha value is -8.92. The van der Waals surface area contributed by atoms with Gasteiger partial charge in [0.15, 0.2) is 0 Å². The molecule has 320 valence electrons. The number of nitrogens with zero attached hydrogens (tertiary/aromatic N) is 2. The second-order valence-electron chi connectivity index (χ2n) is 17.6. The minimum atomic E-state index is -0.546. The second kappa shape index (κ2) is 16.2. The maximum absolute atomic E-state index is 7.16. The summed E-state index contributed by atoms with van der Waals surface area (Å²) in [5.41, 5.74) is 17.9. The van der Waals surface area contributed by atoms with E-state index < -0.39 is 5.41 Å². The van der Waals surface area contributed by atoms with E-state index in [1.807, 2.05) is 0 Å². The fourth-order valence-corrected chi connectivity index (χ4v) is 11.0. The molecule has 0 fully saturated rings. The van der Waals surface area contributed by atoms with Crippen LogP contribution in [0.1, 0.15) is 22.3 Å². The number of hydrogen-bond donors (Lipinski definition) is 0. The van der Waals surface area contributed by atoms with E-state index in [0.717, 1.165) is 67.5 Å². The Kier molecular flexibility index (Phi) is 9.40. The number of benzene rings is 11. The predicted molar refractivity (Wildman–Crippen MR) is 282 cm³/mol. The third-order valence-corrected chi connectivity index (χ3v) is 13.9. The molecule has 0 atom stereocenters. The minimum Gasteiger partial charge on any atom is -0.456 e. The number of rotatable bonds is 9. The van der Waals surface area contributed by atoms with Crippen LogP contribution in [0.4, 0.5) is 34.1 Å². The largest absolute Gasteiger partial charge is 0.456 e. The highest BCUT2D eigenvalue weighted by atomic mass is 16.5. The standard InChI is InChI=1S/C65H44N2O/c1-6-20-45(21-7-1)46-36-38-52(39-37-46)66(53-40-41-56-55-31-16-17-33-58(55)65(59(56)43-53,48-23-8-2-9-24-48)49-25-10-3-11-26-49)54-42-47-22-18-32-57-63(47)62(44-54)68-61-35-19-34-60(64(57)61)67(50-27-12-4-13-28-50)51-29-14-5-15-30-51/h1-44H. The van der Waals surface area contributed by atoms with Crippen molar-refractivity contribution in [1.29, 1.82) is 0 Å². The zero-order valence-electron chi connectivity index (χ0n) is 37.2. The van der Waals surface area contributed by atoms with E-state index in [0.29, 0.717) is 0 Å². The van der Waals surface area contributed by atoms with Gasteiger partial charge in [0, 0.05) is 39.8 Å². The van der Waals surface area contributed by atoms with Crippen LogP contribution in [0.5, 0.6) is 11.5 Å². The van der Waals surface area contributed by atoms with Gasteiger partial charge in [0.1, 0.15) is 11.5 Å². The average molecular weight is 869 g/mol. The normalized spacial score (nSPS) is 12.6. The quantitative estimate of drug-likeness (QED) is 0.144. The summed E-state index contributed by atoms with van der Waals surface area (Å²) in [7, 11) is 0. The lowest BCUT2D eigenvalue weighted by molar-refractivity contribution is 0.487. The molecule has 0 bridgehead atoms. The molecule has 0 saturated carbocycles. The van der Waals surface area contributed by atoms with Crippen molar-refractivity contribution in [2.75, 3.05) is 9.80 Å². The van der Waals surface area contributed by atoms with Crippen molar-refractivity contribution in [2.24, 2.45) is 0 Å². The Morgan fingerprint density at radius 2 is 0.838 bits per heavy atom. The molecule has 0 radical (unpaired) electrons. The van der Waals surface area contributed by atoms with Gasteiger partial charge in [0.2, 0.25) is 0 Å². The first-order chi connectivity index (χ1) is 33.7. The molecule has 3 nitrogen and oxygen atoms in total. The molecule has 1 aliphatic carbocycles. The van der Waals surface area contributed by atoms with E-state index >= 15 is 0 Å². The van der Waals surface area contributed by atoms with Gasteiger partial charge in [-0.25, -0.2) is 0 Å². The number of anilines is 6. The van der Waals surface area contributed by atoms with E-state index in [-0.39, 0.29) is 0 Å². The second-order valence-corrected chi connectivity index (χ2v) is 17.6. The Morgan fingerprint density at radius 3 is 1.51 bits per heavy atom. The van der Waals surface area contributed by atoms with Crippen molar-refractivity contribution in [3.8, 4) is 44.9 Å². The summed E-state index contributed by atoms with van der Waals surface area (Å²) < 4.78 is 7.16. The zero-order valence-corrected chi connectivity index (χ0v) is 37.2. The van der Waals surface area contributed by atoms with Gasteiger partial charge >= 0.3 is 0 Å². The first kappa shape index (κ1) is 39.4. The van der Waals surface area contributed by atoms with Crippen LogP contribution < -0.4 is 14.5 Å². The Morgan fingerprint density at radius 1 is 0.309 bits per heavy atom. The number of para-hydroxylation sites is 2. The molecule has 11 aromatic carbocycles. The van der Waals surface area contributed by atoms with Crippen LogP contribution in [0, 0.1) is 0 Å². The van der Waals surface area contributed by atoms with Gasteiger partial charge in [0.25, 0.3) is 0 Å². The SMILES string of the molecule is c1ccc(-c2ccc(N(c3ccc4c(c3)C(c3ccccc3)(c3ccccc3)c3ccccc3-4)c3cc4c5c(cccc5c3)-c3c(cccc3N(c3ccccc3)c3ccccc3)O4)cc2)cc1. The summed E-state index contributed by atoms with van der Waals surface area (Å²) in [6.07, 6.45) is 0. The number of hydrogen-bond acceptors (Lipinski definition) is 3. The van der Waals surface area contributed by atoms with Crippen molar-refractivity contribution in [2.45, 2.75) is 5.41 Å². The summed E-state index contributed by atoms with van der Waals surface area (Å²) >= 11 is 0. The van der Waals surface area contributed by atoms with Crippen molar-refractivity contribution in [1.82, 2.24) is 0 Å². The van der Waals surface area contributed by atoms with Crippen LogP contribution in [0.2, 0.25) is 0 Å². The van der Waals surface area contributed by atoms with E-state index in [2.05, 4.69) is 277 Å². The molecule has 68 heavy (non-hydrogen) atoms. The highest BCUT2D eigenvalue weighted by Gasteiger charge is 2.46. The van der Waals surface area contributed by atoms with Gasteiger partial charge in [-0.05, 0) is 122 Å². The Labute approximate surface area is 397 Å². The number of fused-ring (bicyclic) bond motifs is 5. The maximum atomic E-state index is 7.16. The van der Waals surface area contributed by atoms with Crippen molar-refractivity contribution < 1.29 is 4.74 Å². The van der Waals surface area contributed by atoms with Gasteiger partial charge in [-0.2, -0.15) is 0 Å². The molecule has 0 spiro atoms. The molecule has 0 saturated heterocycles. The van der Waals surface area contributed by atoms with E-state index in [1.165, 1.54) is 44.5 Å². The molecule has 1 heterocycles. The van der Waals surface area contributed by atoms with Crippen LogP contribution in [-0.4, -0.2) is 0 Å². The molecular weight excluding hydrogens is 825 g/mol. The van der Waals surface area contributed by atoms with E-state index in [9.17, 15) is 0 Å². The summed E-state index contributed by atoms with van der Waals surface area (Å²) in [4.78, 5) is 4.74. The number of ether oxygens (including phenoxy) is 1. The lowest BCUT2D eigenvalue weighted by atomic mass is 9.67. The summed E-state index contributed by atoms with van der Waals surface area (Å²) in [5, 5.41) is 2.19. The summed E-state index contributed by atoms with van der Waals surface area (Å²) in [6, 6.07) is 96.5. The van der Waals surface area contributed by atoms with Gasteiger partial charge in [-0.1, -0.05) is 194 Å². The van der Waals surface area contributed by atoms with Gasteiger partial charge < -0.3 is 14.5 Å². The summed E-state index contributed by atoms with van der Waals surface area (Å²) in [5.74, 6) is 1.65. The molecule has 0 aromatic heterocycles. The predicted octanol–water partition coefficient (Wildman–Crippen LogP) is 17.6. The smallest absolute Gasteiger partial charge is 0.138 e. The molecule has 13 rings (SSSR count). The van der Waals surface area contributed by atoms with Crippen LogP contribution in [0.3, 0.4) is 0 Å². The zero-order chi connectivity index (χ0) is 45.0. The third-order valence-electron chi connectivity index (χ3n) is 13.9. The van der Waals surface area contributed by atoms with Crippen LogP contribution in [-0.2, 0) is 5.41 Å². The van der Waals surface area contributed by atoms with Crippen molar-refractivity contribution in [3.05, 3.63) is 289 Å². The van der Waals surface area contributed by atoms with Crippen LogP contribution in [0.15, 0.2) is 267 Å². The lowest BCUT2D eigenvalue weighted by Gasteiger charge is -2.35. The van der Waals surface area contributed by atoms with Gasteiger partial charge in [-0.15, -0.1) is 0 Å². The average Bonchev–Trinajstić information content (AvgIpc) is 3.71. The fourth-order valence-electron chi connectivity index (χ4n) is 11.0. The molecule has 0 N–H and O–H groups in total. The van der Waals surface area contributed by atoms with E-state index in [4.69, 9.17) is 4.74 Å². The molecule has 3 heteroatoms. The van der Waals surface area contributed by atoms with Gasteiger partial charge in [-0.3, -0.25) is 0 Å². The van der Waals surface area contributed by atoms with Gasteiger partial charge in [0.05, 0.1) is 16.8 Å². The molecule has 0 unspecified atom stereocenters. The fraction of sp³-hybridized carbons (Fsp3) is 0.0154. The van der Waals surface area contributed by atoms with Crippen molar-refractivity contribution >= 4 is 44.9 Å². The first-order valence-corrected chi connectivity index (χ1v) is 23.3. The molecular formula is C65H44N2O. The lowest BCUT2D eigenvalue weighted by Crippen LogP contribution is -2.28. The minimum absolute atomic E-state index is 0.546.